The van der Waals surface area contributed by atoms with Crippen LogP contribution >= 0.6 is 0 Å². The van der Waals surface area contributed by atoms with Crippen LogP contribution < -0.4 is 0 Å². The van der Waals surface area contributed by atoms with Crippen LogP contribution in [0, 0.1) is 6.07 Å². The maximum Gasteiger partial charge on any atom is 0.282 e. The van der Waals surface area contributed by atoms with Gasteiger partial charge in [0.05, 0.1) is 6.92 Å². The summed E-state index contributed by atoms with van der Waals surface area (Å²) in [6.45, 7) is 6.70. The quantitative estimate of drug-likeness (QED) is 0.456. The van der Waals surface area contributed by atoms with Crippen molar-refractivity contribution in [1.82, 2.24) is 0 Å². The van der Waals surface area contributed by atoms with Crippen molar-refractivity contribution >= 4 is 0 Å². The zero-order valence-corrected chi connectivity index (χ0v) is 5.73. The summed E-state index contributed by atoms with van der Waals surface area (Å²) in [7, 11) is 0. The van der Waals surface area contributed by atoms with E-state index < -0.39 is 0 Å². The lowest BCUT2D eigenvalue weighted by Gasteiger charge is -1.75. The molecule has 0 bridgehead atoms. The summed E-state index contributed by atoms with van der Waals surface area (Å²) >= 11 is 0. The van der Waals surface area contributed by atoms with Gasteiger partial charge in [-0.3, -0.25) is 0 Å². The average Bonchev–Trinajstić information content (AvgIpc) is 1.66. The van der Waals surface area contributed by atoms with Crippen LogP contribution in [0.1, 0.15) is 20.8 Å². The molecular formula is C7H12N+. The number of allylic oxidation sites excluding steroid dienone is 1. The molecule has 0 aliphatic carbocycles. The van der Waals surface area contributed by atoms with E-state index in [2.05, 4.69) is 30.8 Å². The Morgan fingerprint density at radius 3 is 2.62 bits per heavy atom. The minimum absolute atomic E-state index is 0.777. The molecule has 0 unspecified atom stereocenters. The van der Waals surface area contributed by atoms with Gasteiger partial charge in [-0.2, -0.15) is 0 Å². The molecule has 0 aliphatic rings. The Labute approximate surface area is 50.8 Å². The third-order valence-corrected chi connectivity index (χ3v) is 0.749. The second-order valence-electron chi connectivity index (χ2n) is 1.85. The summed E-state index contributed by atoms with van der Waals surface area (Å²) < 4.78 is 0. The van der Waals surface area contributed by atoms with Gasteiger partial charge >= 0.3 is 0 Å². The maximum absolute atomic E-state index is 3.89. The molecule has 44 valence electrons. The fraction of sp³-hybridized carbons (Fsp3) is 0.571. The average molecular weight is 110 g/mol. The van der Waals surface area contributed by atoms with Crippen LogP contribution in [-0.2, 0) is 0 Å². The molecule has 0 rings (SSSR count). The van der Waals surface area contributed by atoms with E-state index in [0.29, 0.717) is 0 Å². The van der Waals surface area contributed by atoms with E-state index in [1.54, 1.807) is 6.92 Å². The van der Waals surface area contributed by atoms with Crippen LogP contribution in [0.15, 0.2) is 11.6 Å². The van der Waals surface area contributed by atoms with Gasteiger partial charge in [-0.05, 0) is 19.9 Å². The molecule has 0 heterocycles. The standard InChI is InChI=1S/C7H12N/c1-4-8-6-5-7(2)3/h5H,6H2,1-3H3/q+1. The van der Waals surface area contributed by atoms with Gasteiger partial charge in [-0.15, -0.1) is 0 Å². The molecule has 0 radical (unpaired) electrons. The van der Waals surface area contributed by atoms with Crippen molar-refractivity contribution in [3.05, 3.63) is 16.5 Å². The first-order valence-corrected chi connectivity index (χ1v) is 2.74. The SMILES string of the molecule is CC#[N+]CC=C(C)C. The van der Waals surface area contributed by atoms with E-state index in [4.69, 9.17) is 0 Å². The second-order valence-corrected chi connectivity index (χ2v) is 1.85. The fourth-order valence-corrected chi connectivity index (χ4v) is 0.320. The van der Waals surface area contributed by atoms with Crippen LogP contribution in [0.25, 0.3) is 4.85 Å². The first kappa shape index (κ1) is 7.23. The summed E-state index contributed by atoms with van der Waals surface area (Å²) in [5.41, 5.74) is 1.31. The number of rotatable bonds is 1. The van der Waals surface area contributed by atoms with Gasteiger partial charge in [0, 0.05) is 0 Å². The van der Waals surface area contributed by atoms with Crippen molar-refractivity contribution in [3.63, 3.8) is 0 Å². The monoisotopic (exact) mass is 110 g/mol. The van der Waals surface area contributed by atoms with Gasteiger partial charge < -0.3 is 0 Å². The smallest absolute Gasteiger partial charge is 0.0795 e. The fourth-order valence-electron chi connectivity index (χ4n) is 0.320. The first-order chi connectivity index (χ1) is 3.77. The van der Waals surface area contributed by atoms with Crippen LogP contribution in [-0.4, -0.2) is 6.54 Å². The number of hydrogen-bond acceptors (Lipinski definition) is 0. The van der Waals surface area contributed by atoms with Gasteiger partial charge in [0.25, 0.3) is 12.6 Å². The minimum Gasteiger partial charge on any atom is -0.0795 e. The van der Waals surface area contributed by atoms with Gasteiger partial charge in [0.15, 0.2) is 0 Å². The zero-order valence-electron chi connectivity index (χ0n) is 5.73. The van der Waals surface area contributed by atoms with Crippen molar-refractivity contribution < 1.29 is 0 Å². The molecule has 0 aromatic rings. The van der Waals surface area contributed by atoms with Crippen molar-refractivity contribution in [1.29, 1.82) is 0 Å². The molecule has 0 aromatic carbocycles. The van der Waals surface area contributed by atoms with E-state index in [0.717, 1.165) is 6.54 Å². The van der Waals surface area contributed by atoms with Crippen molar-refractivity contribution in [2.24, 2.45) is 0 Å². The van der Waals surface area contributed by atoms with E-state index in [1.807, 2.05) is 0 Å². The molecule has 8 heavy (non-hydrogen) atoms. The maximum atomic E-state index is 3.89. The predicted molar refractivity (Wildman–Crippen MR) is 37.2 cm³/mol. The van der Waals surface area contributed by atoms with Crippen LogP contribution in [0.4, 0.5) is 0 Å². The highest BCUT2D eigenvalue weighted by molar-refractivity contribution is 4.99. The summed E-state index contributed by atoms with van der Waals surface area (Å²) in [5.74, 6) is 0. The molecule has 0 fully saturated rings. The van der Waals surface area contributed by atoms with Crippen LogP contribution in [0.2, 0.25) is 0 Å². The van der Waals surface area contributed by atoms with Crippen LogP contribution in [0.5, 0.6) is 0 Å². The molecule has 0 aromatic heterocycles. The highest BCUT2D eigenvalue weighted by atomic mass is 14.6. The topological polar surface area (TPSA) is 4.36 Å². The molecule has 0 amide bonds. The van der Waals surface area contributed by atoms with Gasteiger partial charge in [-0.25, -0.2) is 0 Å². The molecule has 0 spiro atoms. The number of nitrogens with zero attached hydrogens (tertiary/aromatic N) is 1. The molecule has 0 aliphatic heterocycles. The molecular weight excluding hydrogens is 98.1 g/mol. The van der Waals surface area contributed by atoms with Crippen LogP contribution in [0.3, 0.4) is 0 Å². The Balaban J connectivity index is 3.40. The third-order valence-electron chi connectivity index (χ3n) is 0.749. The normalized spacial score (nSPS) is 6.88. The Bertz CT molecular complexity index is 130. The summed E-state index contributed by atoms with van der Waals surface area (Å²) in [6.07, 6.45) is 2.07. The van der Waals surface area contributed by atoms with Crippen molar-refractivity contribution in [2.75, 3.05) is 6.54 Å². The molecule has 0 N–H and O–H groups in total. The van der Waals surface area contributed by atoms with E-state index in [-0.39, 0.29) is 0 Å². The first-order valence-electron chi connectivity index (χ1n) is 2.74. The van der Waals surface area contributed by atoms with Gasteiger partial charge in [0.1, 0.15) is 0 Å². The van der Waals surface area contributed by atoms with E-state index in [1.165, 1.54) is 5.57 Å². The lowest BCUT2D eigenvalue weighted by atomic mass is 10.3. The minimum atomic E-state index is 0.777. The lowest BCUT2D eigenvalue weighted by molar-refractivity contribution is 1.33. The summed E-state index contributed by atoms with van der Waals surface area (Å²) in [6, 6.07) is 2.70. The summed E-state index contributed by atoms with van der Waals surface area (Å²) in [4.78, 5) is 3.89. The Morgan fingerprint density at radius 1 is 1.62 bits per heavy atom. The Hall–Kier alpha value is -0.770. The highest BCUT2D eigenvalue weighted by Gasteiger charge is 1.80. The van der Waals surface area contributed by atoms with E-state index >= 15 is 0 Å². The molecule has 1 nitrogen and oxygen atoms in total. The molecule has 1 heteroatoms. The van der Waals surface area contributed by atoms with Crippen molar-refractivity contribution in [3.8, 4) is 6.07 Å². The third kappa shape index (κ3) is 5.23. The summed E-state index contributed by atoms with van der Waals surface area (Å²) in [5, 5.41) is 0. The van der Waals surface area contributed by atoms with E-state index in [9.17, 15) is 0 Å². The highest BCUT2D eigenvalue weighted by Crippen LogP contribution is 1.86. The lowest BCUT2D eigenvalue weighted by Crippen LogP contribution is -1.67. The van der Waals surface area contributed by atoms with Crippen molar-refractivity contribution in [2.45, 2.75) is 20.8 Å². The Kier molecular flexibility index (Phi) is 3.97. The second kappa shape index (κ2) is 4.39. The van der Waals surface area contributed by atoms with Gasteiger partial charge in [-0.1, -0.05) is 10.4 Å². The predicted octanol–water partition coefficient (Wildman–Crippen LogP) is 2.31. The number of hydrogen-bond donors (Lipinski definition) is 0. The molecule has 0 atom stereocenters. The largest absolute Gasteiger partial charge is 0.282 e. The Morgan fingerprint density at radius 2 is 2.25 bits per heavy atom. The van der Waals surface area contributed by atoms with Gasteiger partial charge in [0.2, 0.25) is 0 Å². The zero-order chi connectivity index (χ0) is 6.41. The molecule has 0 saturated carbocycles. The molecule has 0 saturated heterocycles.